The van der Waals surface area contributed by atoms with E-state index in [4.69, 9.17) is 4.74 Å². The second-order valence-electron chi connectivity index (χ2n) is 8.92. The van der Waals surface area contributed by atoms with Crippen LogP contribution < -0.4 is 10.6 Å². The lowest BCUT2D eigenvalue weighted by atomic mass is 9.96. The molecule has 2 unspecified atom stereocenters. The van der Waals surface area contributed by atoms with Gasteiger partial charge in [0.05, 0.1) is 0 Å². The molecule has 2 N–H and O–H groups in total. The van der Waals surface area contributed by atoms with Crippen molar-refractivity contribution < 1.29 is 19.1 Å². The van der Waals surface area contributed by atoms with Gasteiger partial charge in [0.15, 0.2) is 0 Å². The number of carbonyl (C=O) groups is 3. The molecule has 2 atom stereocenters. The van der Waals surface area contributed by atoms with Gasteiger partial charge in [0.25, 0.3) is 0 Å². The summed E-state index contributed by atoms with van der Waals surface area (Å²) in [6, 6.07) is 4.09. The van der Waals surface area contributed by atoms with Crippen LogP contribution in [0.2, 0.25) is 0 Å². The number of rotatable bonds is 7. The highest BCUT2D eigenvalue weighted by Crippen LogP contribution is 2.26. The monoisotopic (exact) mass is 419 g/mol. The van der Waals surface area contributed by atoms with Crippen molar-refractivity contribution in [3.63, 3.8) is 0 Å². The van der Waals surface area contributed by atoms with E-state index in [0.29, 0.717) is 6.54 Å². The Labute approximate surface area is 180 Å². The molecule has 0 aliphatic carbocycles. The Morgan fingerprint density at radius 1 is 1.07 bits per heavy atom. The molecule has 1 aromatic carbocycles. The van der Waals surface area contributed by atoms with E-state index in [1.54, 1.807) is 27.7 Å². The number of ether oxygens (including phenoxy) is 1. The first-order valence-corrected chi connectivity index (χ1v) is 10.4. The van der Waals surface area contributed by atoms with E-state index in [2.05, 4.69) is 10.6 Å². The molecule has 0 heterocycles. The maximum Gasteiger partial charge on any atom is 0.408 e. The number of nitrogens with zero attached hydrogens (tertiary/aromatic N) is 1. The number of amides is 3. The third kappa shape index (κ3) is 7.35. The highest BCUT2D eigenvalue weighted by atomic mass is 16.6. The Bertz CT molecular complexity index is 768. The topological polar surface area (TPSA) is 87.7 Å². The molecule has 0 fully saturated rings. The molecule has 7 nitrogen and oxygen atoms in total. The minimum absolute atomic E-state index is 0.0723. The first-order valence-electron chi connectivity index (χ1n) is 10.4. The summed E-state index contributed by atoms with van der Waals surface area (Å²) >= 11 is 0. The summed E-state index contributed by atoms with van der Waals surface area (Å²) in [5, 5.41) is 5.50. The van der Waals surface area contributed by atoms with Crippen LogP contribution in [0, 0.1) is 13.8 Å². The fraction of sp³-hybridized carbons (Fsp3) is 0.609. The number of likely N-dealkylation sites (N-methyl/N-ethyl adjacent to an activating group) is 1. The van der Waals surface area contributed by atoms with Gasteiger partial charge < -0.3 is 20.3 Å². The van der Waals surface area contributed by atoms with Crippen molar-refractivity contribution >= 4 is 17.9 Å². The lowest BCUT2D eigenvalue weighted by Gasteiger charge is -2.34. The van der Waals surface area contributed by atoms with Crippen LogP contribution in [0.1, 0.15) is 71.2 Å². The van der Waals surface area contributed by atoms with Crippen molar-refractivity contribution in [1.82, 2.24) is 15.5 Å². The maximum absolute atomic E-state index is 13.2. The summed E-state index contributed by atoms with van der Waals surface area (Å²) in [6.45, 7) is 16.6. The zero-order valence-corrected chi connectivity index (χ0v) is 19.8. The van der Waals surface area contributed by atoms with Gasteiger partial charge >= 0.3 is 6.09 Å². The SMILES string of the molecule is CCN(C(=O)C(C)NC(=O)OC(C)(C)C)C(C(=O)NC(C)C)c1ccc(C)cc1C. The van der Waals surface area contributed by atoms with Crippen molar-refractivity contribution in [2.45, 2.75) is 86.0 Å². The maximum atomic E-state index is 13.2. The van der Waals surface area contributed by atoms with Crippen molar-refractivity contribution in [1.29, 1.82) is 0 Å². The highest BCUT2D eigenvalue weighted by molar-refractivity contribution is 5.92. The molecule has 1 aromatic rings. The molecule has 0 saturated heterocycles. The summed E-state index contributed by atoms with van der Waals surface area (Å²) in [5.41, 5.74) is 2.10. The Kier molecular flexibility index (Phi) is 8.88. The van der Waals surface area contributed by atoms with Crippen LogP contribution in [-0.4, -0.2) is 47.0 Å². The van der Waals surface area contributed by atoms with Gasteiger partial charge in [-0.25, -0.2) is 4.79 Å². The van der Waals surface area contributed by atoms with Crippen molar-refractivity contribution in [3.05, 3.63) is 34.9 Å². The lowest BCUT2D eigenvalue weighted by molar-refractivity contribution is -0.142. The van der Waals surface area contributed by atoms with Gasteiger partial charge in [-0.15, -0.1) is 0 Å². The molecule has 0 bridgehead atoms. The van der Waals surface area contributed by atoms with Gasteiger partial charge in [-0.3, -0.25) is 9.59 Å². The quantitative estimate of drug-likeness (QED) is 0.706. The van der Waals surface area contributed by atoms with Gasteiger partial charge in [-0.1, -0.05) is 23.8 Å². The zero-order chi connectivity index (χ0) is 23.2. The van der Waals surface area contributed by atoms with Crippen LogP contribution in [0.5, 0.6) is 0 Å². The van der Waals surface area contributed by atoms with Crippen molar-refractivity contribution in [2.24, 2.45) is 0 Å². The van der Waals surface area contributed by atoms with Crippen molar-refractivity contribution in [2.75, 3.05) is 6.54 Å². The van der Waals surface area contributed by atoms with Crippen LogP contribution in [0.15, 0.2) is 18.2 Å². The predicted molar refractivity (Wildman–Crippen MR) is 118 cm³/mol. The van der Waals surface area contributed by atoms with Crippen LogP contribution >= 0.6 is 0 Å². The second kappa shape index (κ2) is 10.5. The van der Waals surface area contributed by atoms with Gasteiger partial charge in [0, 0.05) is 12.6 Å². The molecule has 1 rings (SSSR count). The molecule has 3 amide bonds. The third-order valence-corrected chi connectivity index (χ3v) is 4.44. The van der Waals surface area contributed by atoms with E-state index in [1.165, 1.54) is 4.90 Å². The zero-order valence-electron chi connectivity index (χ0n) is 19.8. The Balaban J connectivity index is 3.23. The fourth-order valence-corrected chi connectivity index (χ4v) is 3.21. The number of nitrogens with one attached hydrogen (secondary N) is 2. The van der Waals surface area contributed by atoms with Crippen LogP contribution in [0.25, 0.3) is 0 Å². The van der Waals surface area contributed by atoms with E-state index in [1.807, 2.05) is 52.8 Å². The minimum atomic E-state index is -0.847. The number of aryl methyl sites for hydroxylation is 2. The molecule has 0 aliphatic rings. The second-order valence-corrected chi connectivity index (χ2v) is 8.92. The summed E-state index contributed by atoms with van der Waals surface area (Å²) in [7, 11) is 0. The van der Waals surface area contributed by atoms with Crippen molar-refractivity contribution in [3.8, 4) is 0 Å². The fourth-order valence-electron chi connectivity index (χ4n) is 3.21. The smallest absolute Gasteiger partial charge is 0.408 e. The first-order chi connectivity index (χ1) is 13.8. The molecule has 168 valence electrons. The molecule has 0 saturated carbocycles. The van der Waals surface area contributed by atoms with Crippen LogP contribution in [0.4, 0.5) is 4.79 Å². The highest BCUT2D eigenvalue weighted by Gasteiger charge is 2.34. The number of benzene rings is 1. The number of alkyl carbamates (subject to hydrolysis) is 1. The summed E-state index contributed by atoms with van der Waals surface area (Å²) < 4.78 is 5.25. The average Bonchev–Trinajstić information content (AvgIpc) is 2.57. The van der Waals surface area contributed by atoms with E-state index >= 15 is 0 Å². The van der Waals surface area contributed by atoms with Gasteiger partial charge in [0.1, 0.15) is 17.7 Å². The average molecular weight is 420 g/mol. The van der Waals surface area contributed by atoms with Crippen LogP contribution in [-0.2, 0) is 14.3 Å². The molecule has 0 aliphatic heterocycles. The number of hydrogen-bond acceptors (Lipinski definition) is 4. The van der Waals surface area contributed by atoms with Gasteiger partial charge in [-0.2, -0.15) is 0 Å². The van der Waals surface area contributed by atoms with E-state index in [0.717, 1.165) is 16.7 Å². The normalized spacial score (nSPS) is 13.4. The predicted octanol–water partition coefficient (Wildman–Crippen LogP) is 3.63. The van der Waals surface area contributed by atoms with E-state index in [9.17, 15) is 14.4 Å². The van der Waals surface area contributed by atoms with E-state index < -0.39 is 23.8 Å². The van der Waals surface area contributed by atoms with E-state index in [-0.39, 0.29) is 17.9 Å². The molecule has 0 spiro atoms. The third-order valence-electron chi connectivity index (χ3n) is 4.44. The van der Waals surface area contributed by atoms with Gasteiger partial charge in [-0.05, 0) is 73.4 Å². The largest absolute Gasteiger partial charge is 0.444 e. The summed E-state index contributed by atoms with van der Waals surface area (Å²) in [4.78, 5) is 40.0. The number of hydrogen-bond donors (Lipinski definition) is 2. The van der Waals surface area contributed by atoms with Crippen LogP contribution in [0.3, 0.4) is 0 Å². The first kappa shape index (κ1) is 25.5. The summed E-state index contributed by atoms with van der Waals surface area (Å²) in [6.07, 6.45) is -0.672. The summed E-state index contributed by atoms with van der Waals surface area (Å²) in [5.74, 6) is -0.608. The minimum Gasteiger partial charge on any atom is -0.444 e. The molecular weight excluding hydrogens is 382 g/mol. The Morgan fingerprint density at radius 3 is 2.13 bits per heavy atom. The Morgan fingerprint density at radius 2 is 1.67 bits per heavy atom. The molecule has 0 radical (unpaired) electrons. The standard InChI is InChI=1S/C23H37N3O4/c1-10-26(21(28)17(6)25-22(29)30-23(7,8)9)19(20(27)24-14(2)3)18-12-11-15(4)13-16(18)5/h11-14,17,19H,10H2,1-9H3,(H,24,27)(H,25,29). The molecular formula is C23H37N3O4. The Hall–Kier alpha value is -2.57. The molecule has 7 heteroatoms. The number of carbonyl (C=O) groups excluding carboxylic acids is 3. The van der Waals surface area contributed by atoms with Gasteiger partial charge in [0.2, 0.25) is 11.8 Å². The molecule has 30 heavy (non-hydrogen) atoms. The molecule has 0 aromatic heterocycles. The lowest BCUT2D eigenvalue weighted by Crippen LogP contribution is -2.52.